The van der Waals surface area contributed by atoms with Gasteiger partial charge in [-0.3, -0.25) is 4.40 Å². The molecule has 1 unspecified atom stereocenters. The van der Waals surface area contributed by atoms with Crippen LogP contribution in [0.3, 0.4) is 0 Å². The number of nitrogens with two attached hydrogens (primary N) is 1. The highest BCUT2D eigenvalue weighted by Crippen LogP contribution is 2.22. The van der Waals surface area contributed by atoms with Crippen LogP contribution in [0.2, 0.25) is 0 Å². The molecule has 0 spiro atoms. The smallest absolute Gasteiger partial charge is 0.160 e. The number of pyridine rings is 1. The standard InChI is InChI=1S/C12H17N5/c13-7-9-4-5-11-15-16-12(17(11)8-9)10-3-1-2-6-14-10/h4-5,8,10,14H,1-3,6-7,13H2. The fraction of sp³-hybridized carbons (Fsp3) is 0.500. The first kappa shape index (κ1) is 10.7. The van der Waals surface area contributed by atoms with Crippen molar-refractivity contribution in [3.05, 3.63) is 29.7 Å². The normalized spacial score (nSPS) is 20.9. The summed E-state index contributed by atoms with van der Waals surface area (Å²) in [5.41, 5.74) is 7.67. The second kappa shape index (κ2) is 4.43. The molecule has 1 saturated heterocycles. The lowest BCUT2D eigenvalue weighted by atomic mass is 10.0. The van der Waals surface area contributed by atoms with Gasteiger partial charge in [0.05, 0.1) is 6.04 Å². The van der Waals surface area contributed by atoms with Crippen molar-refractivity contribution in [1.82, 2.24) is 19.9 Å². The highest BCUT2D eigenvalue weighted by atomic mass is 15.3. The van der Waals surface area contributed by atoms with E-state index in [1.165, 1.54) is 12.8 Å². The van der Waals surface area contributed by atoms with E-state index in [1.54, 1.807) is 0 Å². The molecule has 3 heterocycles. The van der Waals surface area contributed by atoms with E-state index < -0.39 is 0 Å². The van der Waals surface area contributed by atoms with E-state index >= 15 is 0 Å². The lowest BCUT2D eigenvalue weighted by molar-refractivity contribution is 0.395. The first-order valence-electron chi connectivity index (χ1n) is 6.15. The summed E-state index contributed by atoms with van der Waals surface area (Å²) >= 11 is 0. The van der Waals surface area contributed by atoms with Gasteiger partial charge >= 0.3 is 0 Å². The molecule has 0 radical (unpaired) electrons. The predicted octanol–water partition coefficient (Wildman–Crippen LogP) is 1.00. The van der Waals surface area contributed by atoms with E-state index in [2.05, 4.69) is 19.9 Å². The molecular weight excluding hydrogens is 214 g/mol. The third-order valence-corrected chi connectivity index (χ3v) is 3.35. The minimum atomic E-state index is 0.326. The summed E-state index contributed by atoms with van der Waals surface area (Å²) in [5, 5.41) is 12.0. The summed E-state index contributed by atoms with van der Waals surface area (Å²) in [6.45, 7) is 1.61. The molecule has 3 rings (SSSR count). The number of nitrogens with one attached hydrogen (secondary N) is 1. The van der Waals surface area contributed by atoms with Crippen LogP contribution in [0.1, 0.15) is 36.7 Å². The Bertz CT molecular complexity index is 513. The van der Waals surface area contributed by atoms with Gasteiger partial charge in [0.25, 0.3) is 0 Å². The molecular formula is C12H17N5. The third-order valence-electron chi connectivity index (χ3n) is 3.35. The molecule has 5 heteroatoms. The molecule has 0 aliphatic carbocycles. The Kier molecular flexibility index (Phi) is 2.78. The van der Waals surface area contributed by atoms with Crippen LogP contribution in [-0.4, -0.2) is 21.1 Å². The molecule has 1 aliphatic heterocycles. The fourth-order valence-corrected chi connectivity index (χ4v) is 2.38. The van der Waals surface area contributed by atoms with Gasteiger partial charge in [-0.2, -0.15) is 0 Å². The summed E-state index contributed by atoms with van der Waals surface area (Å²) in [6.07, 6.45) is 5.68. The fourth-order valence-electron chi connectivity index (χ4n) is 2.38. The molecule has 1 aliphatic rings. The van der Waals surface area contributed by atoms with Crippen molar-refractivity contribution < 1.29 is 0 Å². The Morgan fingerprint density at radius 2 is 2.29 bits per heavy atom. The monoisotopic (exact) mass is 231 g/mol. The van der Waals surface area contributed by atoms with Crippen molar-refractivity contribution >= 4 is 5.65 Å². The Hall–Kier alpha value is -1.46. The van der Waals surface area contributed by atoms with E-state index in [0.29, 0.717) is 12.6 Å². The van der Waals surface area contributed by atoms with Gasteiger partial charge < -0.3 is 11.1 Å². The van der Waals surface area contributed by atoms with E-state index in [0.717, 1.165) is 30.0 Å². The number of hydrogen-bond donors (Lipinski definition) is 2. The number of nitrogens with zero attached hydrogens (tertiary/aromatic N) is 3. The Balaban J connectivity index is 2.02. The molecule has 17 heavy (non-hydrogen) atoms. The Labute approximate surface area is 100 Å². The molecule has 1 atom stereocenters. The molecule has 3 N–H and O–H groups in total. The Morgan fingerprint density at radius 3 is 3.06 bits per heavy atom. The maximum Gasteiger partial charge on any atom is 0.160 e. The zero-order valence-corrected chi connectivity index (χ0v) is 9.76. The lowest BCUT2D eigenvalue weighted by Crippen LogP contribution is -2.28. The molecule has 2 aromatic rings. The number of rotatable bonds is 2. The van der Waals surface area contributed by atoms with Crippen LogP contribution < -0.4 is 11.1 Å². The van der Waals surface area contributed by atoms with Crippen molar-refractivity contribution in [3.8, 4) is 0 Å². The first-order chi connectivity index (χ1) is 8.38. The van der Waals surface area contributed by atoms with Gasteiger partial charge in [-0.15, -0.1) is 10.2 Å². The molecule has 5 nitrogen and oxygen atoms in total. The van der Waals surface area contributed by atoms with Crippen molar-refractivity contribution in [2.45, 2.75) is 31.8 Å². The summed E-state index contributed by atoms with van der Waals surface area (Å²) in [7, 11) is 0. The molecule has 0 aromatic carbocycles. The quantitative estimate of drug-likeness (QED) is 0.809. The molecule has 1 fully saturated rings. The average molecular weight is 231 g/mol. The van der Waals surface area contributed by atoms with Gasteiger partial charge in [-0.25, -0.2) is 0 Å². The van der Waals surface area contributed by atoms with Gasteiger partial charge in [-0.1, -0.05) is 12.5 Å². The van der Waals surface area contributed by atoms with Crippen LogP contribution in [-0.2, 0) is 6.54 Å². The van der Waals surface area contributed by atoms with Crippen LogP contribution in [0.25, 0.3) is 5.65 Å². The highest BCUT2D eigenvalue weighted by Gasteiger charge is 2.19. The zero-order chi connectivity index (χ0) is 11.7. The van der Waals surface area contributed by atoms with Gasteiger partial charge in [0.1, 0.15) is 0 Å². The largest absolute Gasteiger partial charge is 0.326 e. The summed E-state index contributed by atoms with van der Waals surface area (Å²) < 4.78 is 2.06. The van der Waals surface area contributed by atoms with E-state index in [9.17, 15) is 0 Å². The SMILES string of the molecule is NCc1ccc2nnc(C3CCCCN3)n2c1. The number of piperidine rings is 1. The zero-order valence-electron chi connectivity index (χ0n) is 9.76. The minimum absolute atomic E-state index is 0.326. The molecule has 0 saturated carbocycles. The van der Waals surface area contributed by atoms with E-state index in [1.807, 2.05) is 18.3 Å². The number of hydrogen-bond acceptors (Lipinski definition) is 4. The first-order valence-corrected chi connectivity index (χ1v) is 6.15. The maximum absolute atomic E-state index is 5.67. The van der Waals surface area contributed by atoms with Gasteiger partial charge in [0.2, 0.25) is 0 Å². The van der Waals surface area contributed by atoms with Crippen molar-refractivity contribution in [1.29, 1.82) is 0 Å². The van der Waals surface area contributed by atoms with Crippen molar-refractivity contribution in [2.75, 3.05) is 6.54 Å². The lowest BCUT2D eigenvalue weighted by Gasteiger charge is -2.21. The molecule has 90 valence electrons. The van der Waals surface area contributed by atoms with Crippen LogP contribution in [0.4, 0.5) is 0 Å². The second-order valence-electron chi connectivity index (χ2n) is 4.53. The van der Waals surface area contributed by atoms with Crippen molar-refractivity contribution in [3.63, 3.8) is 0 Å². The topological polar surface area (TPSA) is 68.2 Å². The summed E-state index contributed by atoms with van der Waals surface area (Å²) in [5.74, 6) is 1.01. The summed E-state index contributed by atoms with van der Waals surface area (Å²) in [6, 6.07) is 4.30. The van der Waals surface area contributed by atoms with Gasteiger partial charge in [-0.05, 0) is 31.0 Å². The third kappa shape index (κ3) is 1.92. The minimum Gasteiger partial charge on any atom is -0.326 e. The van der Waals surface area contributed by atoms with E-state index in [4.69, 9.17) is 5.73 Å². The van der Waals surface area contributed by atoms with E-state index in [-0.39, 0.29) is 0 Å². The Morgan fingerprint density at radius 1 is 1.35 bits per heavy atom. The van der Waals surface area contributed by atoms with Crippen LogP contribution in [0.15, 0.2) is 18.3 Å². The molecule has 2 aromatic heterocycles. The molecule has 0 amide bonds. The van der Waals surface area contributed by atoms with Gasteiger partial charge in [0.15, 0.2) is 11.5 Å². The number of aromatic nitrogens is 3. The molecule has 0 bridgehead atoms. The van der Waals surface area contributed by atoms with Crippen LogP contribution >= 0.6 is 0 Å². The highest BCUT2D eigenvalue weighted by molar-refractivity contribution is 5.40. The second-order valence-corrected chi connectivity index (χ2v) is 4.53. The maximum atomic E-state index is 5.67. The summed E-state index contributed by atoms with van der Waals surface area (Å²) in [4.78, 5) is 0. The predicted molar refractivity (Wildman–Crippen MR) is 65.5 cm³/mol. The van der Waals surface area contributed by atoms with Crippen molar-refractivity contribution in [2.24, 2.45) is 5.73 Å². The number of fused-ring (bicyclic) bond motifs is 1. The average Bonchev–Trinajstić information content (AvgIpc) is 2.82. The van der Waals surface area contributed by atoms with Crippen LogP contribution in [0.5, 0.6) is 0 Å². The van der Waals surface area contributed by atoms with Crippen LogP contribution in [0, 0.1) is 0 Å². The van der Waals surface area contributed by atoms with Gasteiger partial charge in [0, 0.05) is 12.7 Å².